The Bertz CT molecular complexity index is 660. The summed E-state index contributed by atoms with van der Waals surface area (Å²) in [5.74, 6) is -0.185. The van der Waals surface area contributed by atoms with Crippen molar-refractivity contribution in [3.63, 3.8) is 0 Å². The summed E-state index contributed by atoms with van der Waals surface area (Å²) in [5, 5.41) is 13.6. The summed E-state index contributed by atoms with van der Waals surface area (Å²) < 4.78 is 0. The minimum atomic E-state index is -0.884. The molecule has 0 aliphatic rings. The maximum Gasteiger partial charge on any atom is 0.224 e. The second kappa shape index (κ2) is 7.58. The Morgan fingerprint density at radius 3 is 2.73 bits per heavy atom. The highest BCUT2D eigenvalue weighted by molar-refractivity contribution is 6.35. The number of pyridine rings is 1. The zero-order chi connectivity index (χ0) is 16.1. The van der Waals surface area contributed by atoms with Crippen LogP contribution in [-0.2, 0) is 11.2 Å². The number of aryl methyl sites for hydroxylation is 1. The van der Waals surface area contributed by atoms with Gasteiger partial charge in [0.1, 0.15) is 0 Å². The maximum absolute atomic E-state index is 11.9. The molecule has 4 nitrogen and oxygen atoms in total. The van der Waals surface area contributed by atoms with Crippen molar-refractivity contribution in [2.45, 2.75) is 19.4 Å². The second-order valence-electron chi connectivity index (χ2n) is 4.97. The SMILES string of the molecule is Cc1ccc(CC(=O)NC[C@H](O)c2ccc(Cl)cc2Cl)cn1. The summed E-state index contributed by atoms with van der Waals surface area (Å²) in [4.78, 5) is 16.0. The Labute approximate surface area is 139 Å². The van der Waals surface area contributed by atoms with Crippen LogP contribution in [0, 0.1) is 6.92 Å². The van der Waals surface area contributed by atoms with E-state index in [0.717, 1.165) is 11.3 Å². The van der Waals surface area contributed by atoms with Gasteiger partial charge in [0.2, 0.25) is 5.91 Å². The largest absolute Gasteiger partial charge is 0.387 e. The number of carbonyl (C=O) groups is 1. The highest BCUT2D eigenvalue weighted by Gasteiger charge is 2.13. The Hall–Kier alpha value is -1.62. The lowest BCUT2D eigenvalue weighted by Gasteiger charge is -2.14. The van der Waals surface area contributed by atoms with E-state index in [0.29, 0.717) is 15.6 Å². The van der Waals surface area contributed by atoms with E-state index in [9.17, 15) is 9.90 Å². The van der Waals surface area contributed by atoms with Crippen molar-refractivity contribution in [2.75, 3.05) is 6.54 Å². The molecule has 0 spiro atoms. The smallest absolute Gasteiger partial charge is 0.224 e. The number of aliphatic hydroxyl groups is 1. The van der Waals surface area contributed by atoms with E-state index in [1.807, 2.05) is 19.1 Å². The van der Waals surface area contributed by atoms with Gasteiger partial charge in [-0.25, -0.2) is 0 Å². The number of aromatic nitrogens is 1. The van der Waals surface area contributed by atoms with Gasteiger partial charge in [-0.1, -0.05) is 35.3 Å². The number of aliphatic hydroxyl groups excluding tert-OH is 1. The first kappa shape index (κ1) is 16.7. The van der Waals surface area contributed by atoms with Gasteiger partial charge in [-0.15, -0.1) is 0 Å². The van der Waals surface area contributed by atoms with Crippen LogP contribution < -0.4 is 5.32 Å². The molecule has 0 radical (unpaired) electrons. The Kier molecular flexibility index (Phi) is 5.77. The molecule has 0 aliphatic carbocycles. The van der Waals surface area contributed by atoms with Crippen molar-refractivity contribution in [3.8, 4) is 0 Å². The number of carbonyl (C=O) groups excluding carboxylic acids is 1. The standard InChI is InChI=1S/C16H16Cl2N2O2/c1-10-2-3-11(8-19-10)6-16(22)20-9-15(21)13-5-4-12(17)7-14(13)18/h2-5,7-8,15,21H,6,9H2,1H3,(H,20,22)/t15-/m0/s1. The highest BCUT2D eigenvalue weighted by atomic mass is 35.5. The van der Waals surface area contributed by atoms with Crippen LogP contribution in [0.25, 0.3) is 0 Å². The van der Waals surface area contributed by atoms with E-state index in [4.69, 9.17) is 23.2 Å². The molecular weight excluding hydrogens is 323 g/mol. The summed E-state index contributed by atoms with van der Waals surface area (Å²) in [6, 6.07) is 8.55. The molecule has 2 aromatic rings. The molecule has 1 heterocycles. The number of amides is 1. The average Bonchev–Trinajstić information content (AvgIpc) is 2.47. The number of nitrogens with one attached hydrogen (secondary N) is 1. The molecular formula is C16H16Cl2N2O2. The highest BCUT2D eigenvalue weighted by Crippen LogP contribution is 2.25. The quantitative estimate of drug-likeness (QED) is 0.880. The van der Waals surface area contributed by atoms with Crippen molar-refractivity contribution in [3.05, 3.63) is 63.4 Å². The fourth-order valence-electron chi connectivity index (χ4n) is 1.94. The minimum absolute atomic E-state index is 0.0828. The van der Waals surface area contributed by atoms with Crippen molar-refractivity contribution < 1.29 is 9.90 Å². The zero-order valence-corrected chi connectivity index (χ0v) is 13.5. The first-order valence-corrected chi connectivity index (χ1v) is 7.52. The molecule has 1 aromatic carbocycles. The first-order chi connectivity index (χ1) is 10.5. The van der Waals surface area contributed by atoms with Crippen LogP contribution in [0.15, 0.2) is 36.5 Å². The predicted octanol–water partition coefficient (Wildman–Crippen LogP) is 3.09. The summed E-state index contributed by atoms with van der Waals surface area (Å²) in [6.45, 7) is 1.97. The maximum atomic E-state index is 11.9. The summed E-state index contributed by atoms with van der Waals surface area (Å²) in [5.41, 5.74) is 2.25. The minimum Gasteiger partial charge on any atom is -0.387 e. The number of hydrogen-bond acceptors (Lipinski definition) is 3. The molecule has 2 rings (SSSR count). The third-order valence-corrected chi connectivity index (χ3v) is 3.71. The van der Waals surface area contributed by atoms with E-state index in [1.54, 1.807) is 24.4 Å². The van der Waals surface area contributed by atoms with Gasteiger partial charge in [0.25, 0.3) is 0 Å². The van der Waals surface area contributed by atoms with Crippen LogP contribution >= 0.6 is 23.2 Å². The van der Waals surface area contributed by atoms with Crippen LogP contribution in [0.1, 0.15) is 22.9 Å². The number of nitrogens with zero attached hydrogens (tertiary/aromatic N) is 1. The second-order valence-corrected chi connectivity index (χ2v) is 5.81. The van der Waals surface area contributed by atoms with Gasteiger partial charge in [0.15, 0.2) is 0 Å². The molecule has 0 saturated carbocycles. The fourth-order valence-corrected chi connectivity index (χ4v) is 2.48. The molecule has 1 aromatic heterocycles. The van der Waals surface area contributed by atoms with Crippen LogP contribution in [-0.4, -0.2) is 22.5 Å². The molecule has 0 fully saturated rings. The lowest BCUT2D eigenvalue weighted by Crippen LogP contribution is -2.29. The molecule has 1 amide bonds. The van der Waals surface area contributed by atoms with Crippen molar-refractivity contribution >= 4 is 29.1 Å². The summed E-state index contributed by atoms with van der Waals surface area (Å²) in [6.07, 6.45) is 1.00. The first-order valence-electron chi connectivity index (χ1n) is 6.77. The van der Waals surface area contributed by atoms with E-state index in [2.05, 4.69) is 10.3 Å². The molecule has 0 aliphatic heterocycles. The number of benzene rings is 1. The molecule has 2 N–H and O–H groups in total. The van der Waals surface area contributed by atoms with E-state index < -0.39 is 6.10 Å². The van der Waals surface area contributed by atoms with Gasteiger partial charge in [0, 0.05) is 34.0 Å². The lowest BCUT2D eigenvalue weighted by molar-refractivity contribution is -0.120. The monoisotopic (exact) mass is 338 g/mol. The number of rotatable bonds is 5. The Balaban J connectivity index is 1.88. The topological polar surface area (TPSA) is 62.2 Å². The molecule has 0 bridgehead atoms. The molecule has 0 unspecified atom stereocenters. The van der Waals surface area contributed by atoms with Crippen LogP contribution in [0.4, 0.5) is 0 Å². The van der Waals surface area contributed by atoms with E-state index in [-0.39, 0.29) is 18.9 Å². The molecule has 0 saturated heterocycles. The predicted molar refractivity (Wildman–Crippen MR) is 87.1 cm³/mol. The normalized spacial score (nSPS) is 12.0. The van der Waals surface area contributed by atoms with Gasteiger partial charge >= 0.3 is 0 Å². The van der Waals surface area contributed by atoms with Crippen LogP contribution in [0.3, 0.4) is 0 Å². The van der Waals surface area contributed by atoms with Crippen molar-refractivity contribution in [1.82, 2.24) is 10.3 Å². The Morgan fingerprint density at radius 1 is 1.32 bits per heavy atom. The molecule has 1 atom stereocenters. The average molecular weight is 339 g/mol. The van der Waals surface area contributed by atoms with Gasteiger partial charge in [-0.3, -0.25) is 9.78 Å². The number of hydrogen-bond donors (Lipinski definition) is 2. The third-order valence-electron chi connectivity index (χ3n) is 3.15. The van der Waals surface area contributed by atoms with Gasteiger partial charge in [-0.2, -0.15) is 0 Å². The molecule has 22 heavy (non-hydrogen) atoms. The third kappa shape index (κ3) is 4.70. The van der Waals surface area contributed by atoms with Gasteiger partial charge in [0.05, 0.1) is 12.5 Å². The van der Waals surface area contributed by atoms with Crippen LogP contribution in [0.2, 0.25) is 10.0 Å². The fraction of sp³-hybridized carbons (Fsp3) is 0.250. The molecule has 6 heteroatoms. The van der Waals surface area contributed by atoms with Crippen molar-refractivity contribution in [1.29, 1.82) is 0 Å². The van der Waals surface area contributed by atoms with Gasteiger partial charge in [-0.05, 0) is 30.7 Å². The number of halogens is 2. The van der Waals surface area contributed by atoms with E-state index in [1.165, 1.54) is 0 Å². The van der Waals surface area contributed by atoms with E-state index >= 15 is 0 Å². The lowest BCUT2D eigenvalue weighted by atomic mass is 10.1. The van der Waals surface area contributed by atoms with Gasteiger partial charge < -0.3 is 10.4 Å². The Morgan fingerprint density at radius 2 is 2.09 bits per heavy atom. The van der Waals surface area contributed by atoms with Crippen molar-refractivity contribution in [2.24, 2.45) is 0 Å². The zero-order valence-electron chi connectivity index (χ0n) is 12.0. The van der Waals surface area contributed by atoms with Crippen LogP contribution in [0.5, 0.6) is 0 Å². The summed E-state index contributed by atoms with van der Waals surface area (Å²) in [7, 11) is 0. The molecule has 116 valence electrons. The summed E-state index contributed by atoms with van der Waals surface area (Å²) >= 11 is 11.8.